The van der Waals surface area contributed by atoms with Crippen LogP contribution in [0.15, 0.2) is 0 Å². The highest BCUT2D eigenvalue weighted by molar-refractivity contribution is 5.25. The van der Waals surface area contributed by atoms with E-state index in [-0.39, 0.29) is 6.10 Å². The second kappa shape index (κ2) is 4.46. The highest BCUT2D eigenvalue weighted by Gasteiger charge is 2.19. The second-order valence-corrected chi connectivity index (χ2v) is 3.21. The summed E-state index contributed by atoms with van der Waals surface area (Å²) in [5.74, 6) is 1.80. The van der Waals surface area contributed by atoms with Crippen LogP contribution in [0.1, 0.15) is 31.5 Å². The van der Waals surface area contributed by atoms with Gasteiger partial charge in [-0.05, 0) is 6.92 Å². The summed E-state index contributed by atoms with van der Waals surface area (Å²) in [6.07, 6.45) is 0.861. The van der Waals surface area contributed by atoms with E-state index in [2.05, 4.69) is 11.9 Å². The van der Waals surface area contributed by atoms with E-state index in [4.69, 9.17) is 9.47 Å². The molecule has 0 bridgehead atoms. The zero-order valence-corrected chi connectivity index (χ0v) is 9.50. The van der Waals surface area contributed by atoms with Crippen molar-refractivity contribution < 1.29 is 9.47 Å². The minimum Gasteiger partial charge on any atom is -0.481 e. The van der Waals surface area contributed by atoms with Gasteiger partial charge in [-0.25, -0.2) is 4.98 Å². The third-order valence-corrected chi connectivity index (χ3v) is 2.41. The monoisotopic (exact) mass is 198 g/mol. The topological polar surface area (TPSA) is 36.3 Å². The van der Waals surface area contributed by atoms with Gasteiger partial charge >= 0.3 is 0 Å². The lowest BCUT2D eigenvalue weighted by Gasteiger charge is -2.09. The molecule has 0 radical (unpaired) electrons. The van der Waals surface area contributed by atoms with Crippen LogP contribution in [0.25, 0.3) is 0 Å². The average Bonchev–Trinajstić information content (AvgIpc) is 2.53. The van der Waals surface area contributed by atoms with E-state index in [1.165, 1.54) is 0 Å². The van der Waals surface area contributed by atoms with Gasteiger partial charge in [-0.3, -0.25) is 0 Å². The van der Waals surface area contributed by atoms with Gasteiger partial charge < -0.3 is 14.0 Å². The van der Waals surface area contributed by atoms with E-state index in [1.54, 1.807) is 14.2 Å². The van der Waals surface area contributed by atoms with E-state index in [0.717, 1.165) is 23.8 Å². The molecule has 1 rings (SSSR count). The number of nitrogens with zero attached hydrogens (tertiary/aromatic N) is 2. The van der Waals surface area contributed by atoms with Crippen molar-refractivity contribution in [3.05, 3.63) is 11.5 Å². The van der Waals surface area contributed by atoms with Crippen molar-refractivity contribution in [3.8, 4) is 5.88 Å². The maximum Gasteiger partial charge on any atom is 0.219 e. The van der Waals surface area contributed by atoms with Crippen molar-refractivity contribution in [3.63, 3.8) is 0 Å². The van der Waals surface area contributed by atoms with Gasteiger partial charge in [-0.15, -0.1) is 0 Å². The van der Waals surface area contributed by atoms with Crippen molar-refractivity contribution in [1.29, 1.82) is 0 Å². The molecule has 14 heavy (non-hydrogen) atoms. The van der Waals surface area contributed by atoms with Crippen LogP contribution in [0.2, 0.25) is 0 Å². The van der Waals surface area contributed by atoms with E-state index in [0.29, 0.717) is 0 Å². The first kappa shape index (κ1) is 11.0. The standard InChI is InChI=1S/C10H18N2O2/c1-6-8-11-9(7(2)13-4)10(14-5)12(8)3/h7H,6H2,1-5H3. The smallest absolute Gasteiger partial charge is 0.219 e. The van der Waals surface area contributed by atoms with Crippen molar-refractivity contribution in [2.45, 2.75) is 26.4 Å². The molecule has 1 atom stereocenters. The Labute approximate surface area is 84.9 Å². The lowest BCUT2D eigenvalue weighted by atomic mass is 10.3. The Kier molecular flexibility index (Phi) is 3.52. The molecule has 1 unspecified atom stereocenters. The van der Waals surface area contributed by atoms with Gasteiger partial charge in [0.2, 0.25) is 5.88 Å². The molecule has 1 aromatic rings. The van der Waals surface area contributed by atoms with Crippen LogP contribution in [0.5, 0.6) is 5.88 Å². The third kappa shape index (κ3) is 1.75. The zero-order valence-electron chi connectivity index (χ0n) is 9.50. The van der Waals surface area contributed by atoms with Crippen LogP contribution in [-0.2, 0) is 18.2 Å². The summed E-state index contributed by atoms with van der Waals surface area (Å²) >= 11 is 0. The maximum atomic E-state index is 5.30. The molecule has 0 spiro atoms. The van der Waals surface area contributed by atoms with Crippen molar-refractivity contribution in [2.24, 2.45) is 7.05 Å². The highest BCUT2D eigenvalue weighted by atomic mass is 16.5. The Morgan fingerprint density at radius 3 is 2.50 bits per heavy atom. The van der Waals surface area contributed by atoms with Gasteiger partial charge in [0.25, 0.3) is 0 Å². The van der Waals surface area contributed by atoms with Gasteiger partial charge in [0.05, 0.1) is 7.11 Å². The van der Waals surface area contributed by atoms with Crippen LogP contribution < -0.4 is 4.74 Å². The van der Waals surface area contributed by atoms with E-state index >= 15 is 0 Å². The summed E-state index contributed by atoms with van der Waals surface area (Å²) in [7, 11) is 5.28. The zero-order chi connectivity index (χ0) is 10.7. The predicted molar refractivity (Wildman–Crippen MR) is 54.6 cm³/mol. The van der Waals surface area contributed by atoms with Gasteiger partial charge in [0.15, 0.2) is 0 Å². The summed E-state index contributed by atoms with van der Waals surface area (Å²) in [6.45, 7) is 4.04. The minimum atomic E-state index is -0.0311. The van der Waals surface area contributed by atoms with E-state index in [1.807, 2.05) is 18.5 Å². The Morgan fingerprint density at radius 2 is 2.07 bits per heavy atom. The first-order valence-corrected chi connectivity index (χ1v) is 4.77. The third-order valence-electron chi connectivity index (χ3n) is 2.41. The first-order valence-electron chi connectivity index (χ1n) is 4.77. The highest BCUT2D eigenvalue weighted by Crippen LogP contribution is 2.26. The molecule has 0 aliphatic rings. The fraction of sp³-hybridized carbons (Fsp3) is 0.700. The van der Waals surface area contributed by atoms with E-state index < -0.39 is 0 Å². The van der Waals surface area contributed by atoms with Crippen molar-refractivity contribution in [2.75, 3.05) is 14.2 Å². The molecule has 0 aromatic carbocycles. The van der Waals surface area contributed by atoms with Gasteiger partial charge in [0, 0.05) is 20.6 Å². The Hall–Kier alpha value is -1.03. The number of aromatic nitrogens is 2. The summed E-state index contributed by atoms with van der Waals surface area (Å²) < 4.78 is 12.5. The second-order valence-electron chi connectivity index (χ2n) is 3.21. The van der Waals surface area contributed by atoms with E-state index in [9.17, 15) is 0 Å². The largest absolute Gasteiger partial charge is 0.481 e. The molecule has 80 valence electrons. The number of hydrogen-bond donors (Lipinski definition) is 0. The number of ether oxygens (including phenoxy) is 2. The van der Waals surface area contributed by atoms with Crippen LogP contribution in [-0.4, -0.2) is 23.8 Å². The molecule has 0 aliphatic heterocycles. The molecule has 4 nitrogen and oxygen atoms in total. The lowest BCUT2D eigenvalue weighted by Crippen LogP contribution is -2.01. The normalized spacial score (nSPS) is 12.9. The molecular weight excluding hydrogens is 180 g/mol. The van der Waals surface area contributed by atoms with Crippen LogP contribution in [0.4, 0.5) is 0 Å². The number of imidazole rings is 1. The Bertz CT molecular complexity index is 307. The molecule has 0 amide bonds. The molecule has 0 saturated heterocycles. The summed E-state index contributed by atoms with van der Waals surface area (Å²) in [4.78, 5) is 4.48. The summed E-state index contributed by atoms with van der Waals surface area (Å²) in [5.41, 5.74) is 0.870. The fourth-order valence-electron chi connectivity index (χ4n) is 1.49. The molecule has 0 aliphatic carbocycles. The first-order chi connectivity index (χ1) is 6.65. The summed E-state index contributed by atoms with van der Waals surface area (Å²) in [5, 5.41) is 0. The molecular formula is C10H18N2O2. The van der Waals surface area contributed by atoms with Gasteiger partial charge in [0.1, 0.15) is 17.6 Å². The Balaban J connectivity index is 3.15. The molecule has 0 saturated carbocycles. The molecule has 0 fully saturated rings. The van der Waals surface area contributed by atoms with Gasteiger partial charge in [-0.2, -0.15) is 0 Å². The van der Waals surface area contributed by atoms with Crippen LogP contribution >= 0.6 is 0 Å². The minimum absolute atomic E-state index is 0.0311. The molecule has 0 N–H and O–H groups in total. The summed E-state index contributed by atoms with van der Waals surface area (Å²) in [6, 6.07) is 0. The quantitative estimate of drug-likeness (QED) is 0.738. The number of hydrogen-bond acceptors (Lipinski definition) is 3. The van der Waals surface area contributed by atoms with Crippen molar-refractivity contribution >= 4 is 0 Å². The molecule has 4 heteroatoms. The predicted octanol–water partition coefficient (Wildman–Crippen LogP) is 1.70. The number of aryl methyl sites for hydroxylation is 1. The number of methoxy groups -OCH3 is 2. The molecule has 1 aromatic heterocycles. The van der Waals surface area contributed by atoms with Gasteiger partial charge in [-0.1, -0.05) is 6.92 Å². The average molecular weight is 198 g/mol. The van der Waals surface area contributed by atoms with Crippen LogP contribution in [0.3, 0.4) is 0 Å². The maximum absolute atomic E-state index is 5.30. The lowest BCUT2D eigenvalue weighted by molar-refractivity contribution is 0.113. The fourth-order valence-corrected chi connectivity index (χ4v) is 1.49. The number of rotatable bonds is 4. The molecule has 1 heterocycles. The SMILES string of the molecule is CCc1nc(C(C)OC)c(OC)n1C. The Morgan fingerprint density at radius 1 is 1.43 bits per heavy atom. The van der Waals surface area contributed by atoms with Crippen LogP contribution in [0, 0.1) is 0 Å². The van der Waals surface area contributed by atoms with Crippen molar-refractivity contribution in [1.82, 2.24) is 9.55 Å².